The monoisotopic (exact) mass is 442 g/mol. The first-order chi connectivity index (χ1) is 14.8. The van der Waals surface area contributed by atoms with Gasteiger partial charge in [0, 0.05) is 23.9 Å². The Bertz CT molecular complexity index is 1140. The van der Waals surface area contributed by atoms with Gasteiger partial charge in [0.1, 0.15) is 11.5 Å². The molecule has 3 aromatic rings. The lowest BCUT2D eigenvalue weighted by atomic mass is 10.1. The van der Waals surface area contributed by atoms with Crippen molar-refractivity contribution in [3.8, 4) is 21.9 Å². The third kappa shape index (κ3) is 5.17. The Morgan fingerprint density at radius 1 is 1.13 bits per heavy atom. The summed E-state index contributed by atoms with van der Waals surface area (Å²) in [6, 6.07) is 12.8. The van der Waals surface area contributed by atoms with E-state index in [1.807, 2.05) is 0 Å². The zero-order chi connectivity index (χ0) is 22.5. The molecule has 9 nitrogen and oxygen atoms in total. The number of amides is 1. The summed E-state index contributed by atoms with van der Waals surface area (Å²) in [5, 5.41) is 22.7. The minimum atomic E-state index is -1.13. The number of carbonyl (C=O) groups excluding carboxylic acids is 1. The number of carbonyl (C=O) groups is 2. The normalized spacial score (nSPS) is 10.4. The summed E-state index contributed by atoms with van der Waals surface area (Å²) in [6.45, 7) is 1.49. The maximum absolute atomic E-state index is 11.5. The number of benzene rings is 2. The number of rotatable bonds is 8. The lowest BCUT2D eigenvalue weighted by Crippen LogP contribution is -2.08. The molecule has 10 heteroatoms. The van der Waals surface area contributed by atoms with E-state index in [0.717, 1.165) is 16.9 Å². The predicted molar refractivity (Wildman–Crippen MR) is 115 cm³/mol. The molecule has 0 aliphatic rings. The molecule has 2 aromatic carbocycles. The van der Waals surface area contributed by atoms with Crippen LogP contribution in [0.25, 0.3) is 10.4 Å². The zero-order valence-corrected chi connectivity index (χ0v) is 17.4. The van der Waals surface area contributed by atoms with Gasteiger partial charge in [0.15, 0.2) is 11.5 Å². The fraction of sp³-hybridized carbons (Fsp3) is 0.143. The molecule has 0 saturated heterocycles. The summed E-state index contributed by atoms with van der Waals surface area (Å²) in [6.07, 6.45) is 0. The zero-order valence-electron chi connectivity index (χ0n) is 16.6. The van der Waals surface area contributed by atoms with E-state index in [9.17, 15) is 24.8 Å². The first-order valence-corrected chi connectivity index (χ1v) is 9.79. The SMILES string of the molecule is COc1cc(-c2cc(NC(C)=O)c(C(=O)O)s2)ccc1OCc1ccc([N+](=O)[O-])cc1. The minimum Gasteiger partial charge on any atom is -0.493 e. The van der Waals surface area contributed by atoms with Crippen molar-refractivity contribution in [2.45, 2.75) is 13.5 Å². The number of methoxy groups -OCH3 is 1. The Morgan fingerprint density at radius 3 is 2.42 bits per heavy atom. The molecule has 0 fully saturated rings. The van der Waals surface area contributed by atoms with Gasteiger partial charge in [-0.05, 0) is 47.5 Å². The van der Waals surface area contributed by atoms with E-state index >= 15 is 0 Å². The maximum Gasteiger partial charge on any atom is 0.348 e. The number of nitro groups is 1. The van der Waals surface area contributed by atoms with Crippen molar-refractivity contribution in [2.24, 2.45) is 0 Å². The van der Waals surface area contributed by atoms with E-state index in [4.69, 9.17) is 9.47 Å². The van der Waals surface area contributed by atoms with Crippen molar-refractivity contribution in [1.29, 1.82) is 0 Å². The molecule has 0 radical (unpaired) electrons. The van der Waals surface area contributed by atoms with Crippen LogP contribution in [0.1, 0.15) is 22.2 Å². The first kappa shape index (κ1) is 21.8. The average molecular weight is 442 g/mol. The Morgan fingerprint density at radius 2 is 1.84 bits per heavy atom. The summed E-state index contributed by atoms with van der Waals surface area (Å²) in [5.74, 6) is -0.595. The van der Waals surface area contributed by atoms with Crippen molar-refractivity contribution in [3.63, 3.8) is 0 Å². The standard InChI is InChI=1S/C21H18N2O7S/c1-12(24)22-16-10-19(31-20(16)21(25)26)14-5-8-17(18(9-14)29-2)30-11-13-3-6-15(7-4-13)23(27)28/h3-10H,11H2,1-2H3,(H,22,24)(H,25,26). The molecule has 1 amide bonds. The molecule has 1 heterocycles. The lowest BCUT2D eigenvalue weighted by molar-refractivity contribution is -0.384. The third-order valence-electron chi connectivity index (χ3n) is 4.23. The number of carboxylic acids is 1. The van der Waals surface area contributed by atoms with Crippen LogP contribution in [0.4, 0.5) is 11.4 Å². The number of nitrogens with zero attached hydrogens (tertiary/aromatic N) is 1. The van der Waals surface area contributed by atoms with Gasteiger partial charge in [-0.1, -0.05) is 0 Å². The van der Waals surface area contributed by atoms with Crippen molar-refractivity contribution >= 4 is 34.6 Å². The quantitative estimate of drug-likeness (QED) is 0.386. The van der Waals surface area contributed by atoms with E-state index in [1.54, 1.807) is 36.4 Å². The number of non-ortho nitro benzene ring substituents is 1. The summed E-state index contributed by atoms with van der Waals surface area (Å²) in [5.41, 5.74) is 1.68. The van der Waals surface area contributed by atoms with Crippen molar-refractivity contribution in [2.75, 3.05) is 12.4 Å². The highest BCUT2D eigenvalue weighted by Crippen LogP contribution is 2.39. The second kappa shape index (κ2) is 9.26. The van der Waals surface area contributed by atoms with Crippen LogP contribution >= 0.6 is 11.3 Å². The highest BCUT2D eigenvalue weighted by Gasteiger charge is 2.18. The molecule has 3 rings (SSSR count). The van der Waals surface area contributed by atoms with E-state index in [0.29, 0.717) is 21.9 Å². The van der Waals surface area contributed by atoms with Crippen molar-refractivity contribution in [1.82, 2.24) is 0 Å². The summed E-state index contributed by atoms with van der Waals surface area (Å²) in [7, 11) is 1.48. The van der Waals surface area contributed by atoms with Crippen LogP contribution in [0.2, 0.25) is 0 Å². The second-order valence-electron chi connectivity index (χ2n) is 6.42. The highest BCUT2D eigenvalue weighted by molar-refractivity contribution is 7.18. The van der Waals surface area contributed by atoms with Gasteiger partial charge < -0.3 is 19.9 Å². The fourth-order valence-electron chi connectivity index (χ4n) is 2.79. The maximum atomic E-state index is 11.5. The number of anilines is 1. The predicted octanol–water partition coefficient (Wildman–Crippen LogP) is 4.57. The molecular weight excluding hydrogens is 424 g/mol. The number of hydrogen-bond acceptors (Lipinski definition) is 7. The van der Waals surface area contributed by atoms with Gasteiger partial charge >= 0.3 is 5.97 Å². The van der Waals surface area contributed by atoms with Crippen LogP contribution in [-0.4, -0.2) is 29.0 Å². The Labute approximate surface area is 181 Å². The van der Waals surface area contributed by atoms with Crippen LogP contribution in [0.5, 0.6) is 11.5 Å². The molecule has 0 saturated carbocycles. The van der Waals surface area contributed by atoms with Crippen molar-refractivity contribution in [3.05, 3.63) is 69.1 Å². The molecular formula is C21H18N2O7S. The molecule has 0 aliphatic heterocycles. The van der Waals surface area contributed by atoms with Crippen LogP contribution in [0.15, 0.2) is 48.5 Å². The van der Waals surface area contributed by atoms with Gasteiger partial charge in [-0.3, -0.25) is 14.9 Å². The van der Waals surface area contributed by atoms with E-state index < -0.39 is 10.9 Å². The molecule has 0 atom stereocenters. The summed E-state index contributed by atoms with van der Waals surface area (Å²) in [4.78, 5) is 33.8. The van der Waals surface area contributed by atoms with Gasteiger partial charge in [-0.25, -0.2) is 4.79 Å². The van der Waals surface area contributed by atoms with E-state index in [1.165, 1.54) is 26.2 Å². The van der Waals surface area contributed by atoms with Crippen LogP contribution < -0.4 is 14.8 Å². The van der Waals surface area contributed by atoms with Gasteiger partial charge in [0.2, 0.25) is 5.91 Å². The molecule has 0 spiro atoms. The highest BCUT2D eigenvalue weighted by atomic mass is 32.1. The molecule has 2 N–H and O–H groups in total. The number of aromatic carboxylic acids is 1. The Hall–Kier alpha value is -3.92. The van der Waals surface area contributed by atoms with E-state index in [-0.39, 0.29) is 28.8 Å². The molecule has 0 bridgehead atoms. The van der Waals surface area contributed by atoms with E-state index in [2.05, 4.69) is 5.32 Å². The molecule has 0 unspecified atom stereocenters. The number of nitro benzene ring substituents is 1. The largest absolute Gasteiger partial charge is 0.493 e. The first-order valence-electron chi connectivity index (χ1n) is 8.97. The summed E-state index contributed by atoms with van der Waals surface area (Å²) < 4.78 is 11.2. The average Bonchev–Trinajstić information content (AvgIpc) is 3.15. The molecule has 31 heavy (non-hydrogen) atoms. The Kier molecular flexibility index (Phi) is 6.51. The smallest absolute Gasteiger partial charge is 0.348 e. The summed E-state index contributed by atoms with van der Waals surface area (Å²) >= 11 is 1.04. The van der Waals surface area contributed by atoms with Gasteiger partial charge in [-0.15, -0.1) is 11.3 Å². The second-order valence-corrected chi connectivity index (χ2v) is 7.47. The molecule has 1 aromatic heterocycles. The fourth-order valence-corrected chi connectivity index (χ4v) is 3.74. The number of hydrogen-bond donors (Lipinski definition) is 2. The number of nitrogens with one attached hydrogen (secondary N) is 1. The topological polar surface area (TPSA) is 128 Å². The Balaban J connectivity index is 1.82. The number of thiophene rings is 1. The van der Waals surface area contributed by atoms with Crippen LogP contribution in [-0.2, 0) is 11.4 Å². The molecule has 0 aliphatic carbocycles. The van der Waals surface area contributed by atoms with Gasteiger partial charge in [0.05, 0.1) is 17.7 Å². The number of ether oxygens (including phenoxy) is 2. The third-order valence-corrected chi connectivity index (χ3v) is 5.40. The molecule has 160 valence electrons. The van der Waals surface area contributed by atoms with Crippen LogP contribution in [0.3, 0.4) is 0 Å². The number of carboxylic acid groups (broad SMARTS) is 1. The minimum absolute atomic E-state index is 0.000920. The van der Waals surface area contributed by atoms with Crippen molar-refractivity contribution < 1.29 is 29.1 Å². The van der Waals surface area contributed by atoms with Gasteiger partial charge in [0.25, 0.3) is 5.69 Å². The van der Waals surface area contributed by atoms with Gasteiger partial charge in [-0.2, -0.15) is 0 Å². The lowest BCUT2D eigenvalue weighted by Gasteiger charge is -2.12. The van der Waals surface area contributed by atoms with Crippen LogP contribution in [0, 0.1) is 10.1 Å².